The van der Waals surface area contributed by atoms with Gasteiger partial charge in [-0.15, -0.1) is 0 Å². The number of fused-ring (bicyclic) bond motifs is 3. The van der Waals surface area contributed by atoms with Gasteiger partial charge in [-0.25, -0.2) is 9.59 Å². The minimum atomic E-state index is -1.52. The van der Waals surface area contributed by atoms with Gasteiger partial charge < -0.3 is 43.6 Å². The van der Waals surface area contributed by atoms with E-state index in [1.807, 2.05) is 26.8 Å². The van der Waals surface area contributed by atoms with Crippen LogP contribution in [-0.2, 0) is 38.0 Å². The maximum atomic E-state index is 13.5. The van der Waals surface area contributed by atoms with Gasteiger partial charge in [-0.2, -0.15) is 0 Å². The Morgan fingerprint density at radius 1 is 1.04 bits per heavy atom. The third kappa shape index (κ3) is 6.20. The van der Waals surface area contributed by atoms with Gasteiger partial charge in [-0.1, -0.05) is 25.5 Å². The number of H-pyrrole nitrogens is 1. The molecular weight excluding hydrogens is 646 g/mol. The van der Waals surface area contributed by atoms with Crippen molar-refractivity contribution in [1.82, 2.24) is 4.98 Å². The van der Waals surface area contributed by atoms with Crippen LogP contribution in [-0.4, -0.2) is 84.3 Å². The van der Waals surface area contributed by atoms with Crippen LogP contribution in [0.4, 0.5) is 0 Å². The van der Waals surface area contributed by atoms with Crippen LogP contribution in [0.1, 0.15) is 95.7 Å². The summed E-state index contributed by atoms with van der Waals surface area (Å²) in [6.45, 7) is 11.7. The zero-order valence-corrected chi connectivity index (χ0v) is 30.3. The van der Waals surface area contributed by atoms with Crippen LogP contribution in [0.15, 0.2) is 35.1 Å². The summed E-state index contributed by atoms with van der Waals surface area (Å²) in [5.74, 6) is -2.88. The molecule has 0 bridgehead atoms. The lowest BCUT2D eigenvalue weighted by Crippen LogP contribution is -2.65. The number of aromatic nitrogens is 1. The number of aliphatic hydroxyl groups excluding tert-OH is 2. The van der Waals surface area contributed by atoms with Crippen molar-refractivity contribution in [3.8, 4) is 0 Å². The molecule has 0 amide bonds. The molecule has 0 spiro atoms. The largest absolute Gasteiger partial charge is 0.502 e. The van der Waals surface area contributed by atoms with Gasteiger partial charge in [0.1, 0.15) is 18.4 Å². The van der Waals surface area contributed by atoms with Crippen molar-refractivity contribution in [1.29, 1.82) is 0 Å². The average Bonchev–Trinajstić information content (AvgIpc) is 3.60. The molecule has 1 aromatic rings. The molecule has 11 unspecified atom stereocenters. The van der Waals surface area contributed by atoms with Crippen LogP contribution in [0.25, 0.3) is 0 Å². The number of rotatable bonds is 9. The number of hydrogen-bond acceptors (Lipinski definition) is 11. The van der Waals surface area contributed by atoms with Crippen molar-refractivity contribution in [2.75, 3.05) is 20.3 Å². The quantitative estimate of drug-likeness (QED) is 0.171. The molecule has 0 aromatic carbocycles. The molecule has 3 aliphatic carbocycles. The molecular formula is C38H53NO11. The Balaban J connectivity index is 1.39. The molecule has 11 atom stereocenters. The second-order valence-electron chi connectivity index (χ2n) is 15.8. The molecule has 12 heteroatoms. The fourth-order valence-corrected chi connectivity index (χ4v) is 10.7. The number of aryl methyl sites for hydroxylation is 1. The lowest BCUT2D eigenvalue weighted by Gasteiger charge is -2.67. The smallest absolute Gasteiger partial charge is 0.376 e. The maximum absolute atomic E-state index is 13.5. The highest BCUT2D eigenvalue weighted by Gasteiger charge is 2.67. The maximum Gasteiger partial charge on any atom is 0.376 e. The molecule has 3 fully saturated rings. The van der Waals surface area contributed by atoms with E-state index in [2.05, 4.69) is 24.9 Å². The summed E-state index contributed by atoms with van der Waals surface area (Å²) in [5.41, 5.74) is 0.584. The van der Waals surface area contributed by atoms with Crippen LogP contribution in [0.3, 0.4) is 0 Å². The van der Waals surface area contributed by atoms with Gasteiger partial charge in [0.2, 0.25) is 12.0 Å². The normalized spacial score (nSPS) is 40.0. The van der Waals surface area contributed by atoms with Crippen LogP contribution in [0.5, 0.6) is 0 Å². The predicted molar refractivity (Wildman–Crippen MR) is 179 cm³/mol. The average molecular weight is 700 g/mol. The molecule has 50 heavy (non-hydrogen) atoms. The fourth-order valence-electron chi connectivity index (χ4n) is 10.7. The number of methoxy groups -OCH3 is 1. The van der Waals surface area contributed by atoms with Gasteiger partial charge >= 0.3 is 17.9 Å². The molecule has 2 saturated carbocycles. The van der Waals surface area contributed by atoms with E-state index in [0.717, 1.165) is 30.5 Å². The predicted octanol–water partition coefficient (Wildman–Crippen LogP) is 5.44. The van der Waals surface area contributed by atoms with E-state index in [1.54, 1.807) is 13.2 Å². The molecule has 1 saturated heterocycles. The highest BCUT2D eigenvalue weighted by atomic mass is 16.7. The first kappa shape index (κ1) is 36.6. The van der Waals surface area contributed by atoms with E-state index >= 15 is 0 Å². The summed E-state index contributed by atoms with van der Waals surface area (Å²) in [6.07, 6.45) is 3.97. The second kappa shape index (κ2) is 13.7. The van der Waals surface area contributed by atoms with E-state index in [9.17, 15) is 24.6 Å². The van der Waals surface area contributed by atoms with Crippen molar-refractivity contribution < 1.29 is 53.0 Å². The van der Waals surface area contributed by atoms with E-state index in [1.165, 1.54) is 6.92 Å². The molecule has 3 N–H and O–H groups in total. The minimum absolute atomic E-state index is 0.0264. The van der Waals surface area contributed by atoms with Crippen molar-refractivity contribution in [3.63, 3.8) is 0 Å². The number of aliphatic hydroxyl groups is 2. The van der Waals surface area contributed by atoms with Crippen LogP contribution < -0.4 is 0 Å². The molecule has 1 aromatic heterocycles. The lowest BCUT2D eigenvalue weighted by molar-refractivity contribution is -0.268. The topological polar surface area (TPSA) is 163 Å². The summed E-state index contributed by atoms with van der Waals surface area (Å²) in [4.78, 5) is 41.6. The number of carbonyl (C=O) groups is 3. The summed E-state index contributed by atoms with van der Waals surface area (Å²) < 4.78 is 35.9. The summed E-state index contributed by atoms with van der Waals surface area (Å²) in [5, 5.41) is 21.7. The third-order valence-electron chi connectivity index (χ3n) is 12.9. The number of carbonyl (C=O) groups excluding carboxylic acids is 3. The number of hydrogen-bond donors (Lipinski definition) is 3. The Hall–Kier alpha value is -3.19. The van der Waals surface area contributed by atoms with Gasteiger partial charge in [0.05, 0.1) is 29.8 Å². The number of esters is 3. The highest BCUT2D eigenvalue weighted by molar-refractivity contribution is 5.89. The van der Waals surface area contributed by atoms with Gasteiger partial charge in [-0.3, -0.25) is 4.79 Å². The Kier molecular flexibility index (Phi) is 10.1. The Morgan fingerprint density at radius 2 is 1.78 bits per heavy atom. The molecule has 5 aliphatic rings. The van der Waals surface area contributed by atoms with E-state index in [-0.39, 0.29) is 48.2 Å². The van der Waals surface area contributed by atoms with Gasteiger partial charge in [0.25, 0.3) is 0 Å². The van der Waals surface area contributed by atoms with Gasteiger partial charge in [0.15, 0.2) is 6.29 Å². The standard InChI is InChI=1S/C38H53NO11/c1-20-8-12-26-36(5)17-15-28(49-23(4)40)38(19-47-33(42)24-10-9-21(2)39-24,18-46-29-13-11-25(45-7)22(3)48-29)27(36)14-16-37(26,6)31(20)30-32(41)35(44)50-34(30)43/h8-10,22,25-29,31,34,39,41,43H,11-19H2,1-7H3. The van der Waals surface area contributed by atoms with Crippen molar-refractivity contribution in [2.24, 2.45) is 34.0 Å². The van der Waals surface area contributed by atoms with Crippen molar-refractivity contribution in [2.45, 2.75) is 117 Å². The Labute approximate surface area is 293 Å². The molecule has 276 valence electrons. The van der Waals surface area contributed by atoms with Crippen molar-refractivity contribution >= 4 is 17.9 Å². The monoisotopic (exact) mass is 699 g/mol. The Morgan fingerprint density at radius 3 is 2.40 bits per heavy atom. The second-order valence-corrected chi connectivity index (χ2v) is 15.8. The molecule has 3 heterocycles. The molecule has 6 rings (SSSR count). The van der Waals surface area contributed by atoms with Crippen LogP contribution >= 0.6 is 0 Å². The summed E-state index contributed by atoms with van der Waals surface area (Å²) in [7, 11) is 1.67. The van der Waals surface area contributed by atoms with Crippen LogP contribution in [0, 0.1) is 40.9 Å². The van der Waals surface area contributed by atoms with E-state index in [4.69, 9.17) is 28.4 Å². The number of aromatic amines is 1. The van der Waals surface area contributed by atoms with Gasteiger partial charge in [0, 0.05) is 32.1 Å². The zero-order chi connectivity index (χ0) is 36.2. The number of cyclic esters (lactones) is 1. The van der Waals surface area contributed by atoms with Crippen LogP contribution in [0.2, 0.25) is 0 Å². The lowest BCUT2D eigenvalue weighted by atomic mass is 9.38. The SMILES string of the molecule is COC1CCC(OCC2(COC(=O)c3ccc(C)[nH]3)C(OC(C)=O)CCC3(C)C4CC=C(C)C(C5=C(O)C(=O)OC5O)C4(C)CCC32)OC1C. The molecule has 12 nitrogen and oxygen atoms in total. The first-order valence-electron chi connectivity index (χ1n) is 17.9. The first-order chi connectivity index (χ1) is 23.6. The van der Waals surface area contributed by atoms with E-state index in [0.29, 0.717) is 31.4 Å². The van der Waals surface area contributed by atoms with Crippen molar-refractivity contribution in [3.05, 3.63) is 46.5 Å². The third-order valence-corrected chi connectivity index (χ3v) is 12.9. The Bertz CT molecular complexity index is 1550. The summed E-state index contributed by atoms with van der Waals surface area (Å²) >= 11 is 0. The highest BCUT2D eigenvalue weighted by Crippen LogP contribution is 2.70. The first-order valence-corrected chi connectivity index (χ1v) is 17.9. The van der Waals surface area contributed by atoms with E-state index < -0.39 is 59.1 Å². The minimum Gasteiger partial charge on any atom is -0.502 e. The fraction of sp³-hybridized carbons (Fsp3) is 0.711. The number of ether oxygens (including phenoxy) is 6. The zero-order valence-electron chi connectivity index (χ0n) is 30.3. The molecule has 0 radical (unpaired) electrons. The van der Waals surface area contributed by atoms with Gasteiger partial charge in [-0.05, 0) is 94.1 Å². The molecule has 2 aliphatic heterocycles. The summed E-state index contributed by atoms with van der Waals surface area (Å²) in [6, 6.07) is 3.51. The number of allylic oxidation sites excluding steroid dienone is 2. The number of nitrogens with one attached hydrogen (secondary N) is 1.